The molecule has 0 bridgehead atoms. The Morgan fingerprint density at radius 1 is 1.33 bits per heavy atom. The maximum atomic E-state index is 13.1. The first kappa shape index (κ1) is 16.0. The number of carbonyl (C=O) groups excluding carboxylic acids is 1. The van der Waals surface area contributed by atoms with Crippen LogP contribution in [0.5, 0.6) is 0 Å². The van der Waals surface area contributed by atoms with Crippen molar-refractivity contribution in [2.45, 2.75) is 17.6 Å². The van der Waals surface area contributed by atoms with E-state index in [0.717, 1.165) is 25.0 Å². The summed E-state index contributed by atoms with van der Waals surface area (Å²) in [6.45, 7) is 1.88. The maximum absolute atomic E-state index is 13.1. The fourth-order valence-electron chi connectivity index (χ4n) is 2.19. The highest BCUT2D eigenvalue weighted by Crippen LogP contribution is 2.32. The Morgan fingerprint density at radius 2 is 2.05 bits per heavy atom. The molecule has 0 atom stereocenters. The van der Waals surface area contributed by atoms with E-state index < -0.39 is 17.7 Å². The molecular weight excluding hydrogens is 298 g/mol. The van der Waals surface area contributed by atoms with Crippen LogP contribution in [0.25, 0.3) is 0 Å². The fraction of sp³-hybridized carbons (Fsp3) is 0.500. The number of hydrogen-bond donors (Lipinski definition) is 2. The molecule has 0 radical (unpaired) electrons. The molecule has 7 heteroatoms. The van der Waals surface area contributed by atoms with Gasteiger partial charge >= 0.3 is 6.03 Å². The number of urea groups is 1. The third-order valence-electron chi connectivity index (χ3n) is 3.59. The largest absolute Gasteiger partial charge is 0.381 e. The zero-order valence-corrected chi connectivity index (χ0v) is 12.6. The van der Waals surface area contributed by atoms with E-state index in [9.17, 15) is 13.6 Å². The molecule has 21 heavy (non-hydrogen) atoms. The minimum absolute atomic E-state index is 0.0242. The monoisotopic (exact) mass is 316 g/mol. The highest BCUT2D eigenvalue weighted by molar-refractivity contribution is 8.00. The Labute approximate surface area is 126 Å². The van der Waals surface area contributed by atoms with Gasteiger partial charge in [0.2, 0.25) is 0 Å². The quantitative estimate of drug-likeness (QED) is 0.898. The van der Waals surface area contributed by atoms with Gasteiger partial charge < -0.3 is 15.4 Å². The average Bonchev–Trinajstić information content (AvgIpc) is 2.50. The van der Waals surface area contributed by atoms with Gasteiger partial charge in [0.25, 0.3) is 0 Å². The number of amides is 2. The van der Waals surface area contributed by atoms with Crippen molar-refractivity contribution in [1.29, 1.82) is 0 Å². The van der Waals surface area contributed by atoms with E-state index >= 15 is 0 Å². The number of halogens is 2. The summed E-state index contributed by atoms with van der Waals surface area (Å²) in [6.07, 6.45) is 3.76. The molecule has 2 N–H and O–H groups in total. The van der Waals surface area contributed by atoms with Crippen molar-refractivity contribution in [3.63, 3.8) is 0 Å². The van der Waals surface area contributed by atoms with Crippen LogP contribution < -0.4 is 10.6 Å². The second-order valence-corrected chi connectivity index (χ2v) is 6.21. The standard InChI is InChI=1S/C14H18F2N2O2S/c1-21-14(4-6-20-7-5-14)9-17-13(19)18-10-2-3-11(15)12(16)8-10/h2-3,8H,4-7,9H2,1H3,(H2,17,18,19). The number of nitrogens with one attached hydrogen (secondary N) is 2. The van der Waals surface area contributed by atoms with Crippen molar-refractivity contribution in [2.24, 2.45) is 0 Å². The molecule has 2 amide bonds. The Bertz CT molecular complexity index is 508. The van der Waals surface area contributed by atoms with Gasteiger partial charge in [-0.25, -0.2) is 13.6 Å². The summed E-state index contributed by atoms with van der Waals surface area (Å²) in [5, 5.41) is 5.28. The first-order valence-corrected chi connectivity index (χ1v) is 7.90. The van der Waals surface area contributed by atoms with Crippen molar-refractivity contribution < 1.29 is 18.3 Å². The van der Waals surface area contributed by atoms with Gasteiger partial charge in [0.1, 0.15) is 0 Å². The summed E-state index contributed by atoms with van der Waals surface area (Å²) < 4.78 is 31.2. The average molecular weight is 316 g/mol. The third-order valence-corrected chi connectivity index (χ3v) is 5.00. The third kappa shape index (κ3) is 4.31. The second-order valence-electron chi connectivity index (χ2n) is 4.94. The lowest BCUT2D eigenvalue weighted by Gasteiger charge is -2.35. The highest BCUT2D eigenvalue weighted by atomic mass is 32.2. The summed E-state index contributed by atoms with van der Waals surface area (Å²) in [7, 11) is 0. The van der Waals surface area contributed by atoms with Gasteiger partial charge in [-0.1, -0.05) is 0 Å². The summed E-state index contributed by atoms with van der Waals surface area (Å²) >= 11 is 1.71. The zero-order chi connectivity index (χ0) is 15.3. The molecule has 1 heterocycles. The van der Waals surface area contributed by atoms with Crippen molar-refractivity contribution in [3.05, 3.63) is 29.8 Å². The fourth-order valence-corrected chi connectivity index (χ4v) is 2.98. The summed E-state index contributed by atoms with van der Waals surface area (Å²) in [5.74, 6) is -1.93. The molecule has 0 unspecified atom stereocenters. The highest BCUT2D eigenvalue weighted by Gasteiger charge is 2.32. The Kier molecular flexibility index (Phi) is 5.41. The molecule has 0 aromatic heterocycles. The van der Waals surface area contributed by atoms with Crippen molar-refractivity contribution in [2.75, 3.05) is 31.3 Å². The predicted octanol–water partition coefficient (Wildman–Crippen LogP) is 3.00. The van der Waals surface area contributed by atoms with E-state index in [0.29, 0.717) is 19.8 Å². The van der Waals surface area contributed by atoms with Gasteiger partial charge in [-0.2, -0.15) is 11.8 Å². The van der Waals surface area contributed by atoms with Gasteiger partial charge in [0.15, 0.2) is 11.6 Å². The molecule has 1 fully saturated rings. The second kappa shape index (κ2) is 7.09. The van der Waals surface area contributed by atoms with Crippen molar-refractivity contribution >= 4 is 23.5 Å². The molecule has 1 aromatic rings. The number of anilines is 1. The molecule has 1 aliphatic rings. The van der Waals surface area contributed by atoms with Crippen LogP contribution in [0.3, 0.4) is 0 Å². The summed E-state index contributed by atoms with van der Waals surface area (Å²) in [4.78, 5) is 11.8. The van der Waals surface area contributed by atoms with Crippen LogP contribution in [0.4, 0.5) is 19.3 Å². The van der Waals surface area contributed by atoms with Gasteiger partial charge in [-0.3, -0.25) is 0 Å². The number of thioether (sulfide) groups is 1. The zero-order valence-electron chi connectivity index (χ0n) is 11.7. The van der Waals surface area contributed by atoms with Crippen LogP contribution in [0.15, 0.2) is 18.2 Å². The molecule has 116 valence electrons. The van der Waals surface area contributed by atoms with E-state index in [4.69, 9.17) is 4.74 Å². The molecule has 4 nitrogen and oxygen atoms in total. The molecule has 1 saturated heterocycles. The number of ether oxygens (including phenoxy) is 1. The molecule has 0 saturated carbocycles. The molecular formula is C14H18F2N2O2S. The van der Waals surface area contributed by atoms with Gasteiger partial charge in [0.05, 0.1) is 0 Å². The lowest BCUT2D eigenvalue weighted by atomic mass is 9.99. The predicted molar refractivity (Wildman–Crippen MR) is 79.7 cm³/mol. The number of carbonyl (C=O) groups is 1. The van der Waals surface area contributed by atoms with Crippen LogP contribution in [0.2, 0.25) is 0 Å². The van der Waals surface area contributed by atoms with E-state index in [1.165, 1.54) is 6.07 Å². The Hall–Kier alpha value is -1.34. The first-order chi connectivity index (χ1) is 10.0. The van der Waals surface area contributed by atoms with Crippen LogP contribution in [-0.2, 0) is 4.74 Å². The lowest BCUT2D eigenvalue weighted by molar-refractivity contribution is 0.0778. The van der Waals surface area contributed by atoms with Gasteiger partial charge in [-0.05, 0) is 31.2 Å². The number of hydrogen-bond acceptors (Lipinski definition) is 3. The van der Waals surface area contributed by atoms with E-state index in [1.807, 2.05) is 6.26 Å². The topological polar surface area (TPSA) is 50.4 Å². The van der Waals surface area contributed by atoms with Crippen LogP contribution in [0.1, 0.15) is 12.8 Å². The maximum Gasteiger partial charge on any atom is 0.319 e. The molecule has 2 rings (SSSR count). The number of rotatable bonds is 4. The normalized spacial score (nSPS) is 17.3. The SMILES string of the molecule is CSC1(CNC(=O)Nc2ccc(F)c(F)c2)CCOCC1. The van der Waals surface area contributed by atoms with E-state index in [2.05, 4.69) is 10.6 Å². The first-order valence-electron chi connectivity index (χ1n) is 6.67. The van der Waals surface area contributed by atoms with Crippen molar-refractivity contribution in [1.82, 2.24) is 5.32 Å². The van der Waals surface area contributed by atoms with Crippen LogP contribution >= 0.6 is 11.8 Å². The van der Waals surface area contributed by atoms with Crippen LogP contribution in [-0.4, -0.2) is 36.8 Å². The summed E-state index contributed by atoms with van der Waals surface area (Å²) in [6, 6.07) is 2.82. The Morgan fingerprint density at radius 3 is 2.67 bits per heavy atom. The van der Waals surface area contributed by atoms with Gasteiger partial charge in [-0.15, -0.1) is 0 Å². The molecule has 1 aliphatic heterocycles. The van der Waals surface area contributed by atoms with E-state index in [-0.39, 0.29) is 10.4 Å². The lowest BCUT2D eigenvalue weighted by Crippen LogP contribution is -2.45. The van der Waals surface area contributed by atoms with Crippen molar-refractivity contribution in [3.8, 4) is 0 Å². The molecule has 1 aromatic carbocycles. The van der Waals surface area contributed by atoms with Gasteiger partial charge in [0, 0.05) is 36.3 Å². The molecule has 0 spiro atoms. The smallest absolute Gasteiger partial charge is 0.319 e. The Balaban J connectivity index is 1.87. The molecule has 0 aliphatic carbocycles. The summed E-state index contributed by atoms with van der Waals surface area (Å²) in [5.41, 5.74) is 0.219. The van der Waals surface area contributed by atoms with Crippen LogP contribution in [0, 0.1) is 11.6 Å². The minimum Gasteiger partial charge on any atom is -0.381 e. The minimum atomic E-state index is -0.988. The van der Waals surface area contributed by atoms with E-state index in [1.54, 1.807) is 11.8 Å². The number of benzene rings is 1.